The lowest BCUT2D eigenvalue weighted by Gasteiger charge is -2.41. The highest BCUT2D eigenvalue weighted by atomic mass is 16.5. The number of hydrogen-bond donors (Lipinski definition) is 1. The zero-order chi connectivity index (χ0) is 20.8. The Hall–Kier alpha value is -1.41. The molecule has 0 radical (unpaired) electrons. The van der Waals surface area contributed by atoms with Gasteiger partial charge >= 0.3 is 0 Å². The summed E-state index contributed by atoms with van der Waals surface area (Å²) in [5.74, 6) is 2.31. The molecule has 0 unspecified atom stereocenters. The van der Waals surface area contributed by atoms with E-state index in [4.69, 9.17) is 13.9 Å². The van der Waals surface area contributed by atoms with Crippen LogP contribution in [0.5, 0.6) is 0 Å². The molecule has 3 aliphatic heterocycles. The van der Waals surface area contributed by atoms with Crippen LogP contribution >= 0.6 is 0 Å². The van der Waals surface area contributed by atoms with Gasteiger partial charge in [-0.05, 0) is 63.7 Å². The number of carbonyl (C=O) groups is 1. The Morgan fingerprint density at radius 1 is 1.10 bits per heavy atom. The van der Waals surface area contributed by atoms with Crippen molar-refractivity contribution in [1.29, 1.82) is 0 Å². The largest absolute Gasteiger partial charge is 0.462 e. The minimum Gasteiger partial charge on any atom is -0.462 e. The van der Waals surface area contributed by atoms with E-state index in [0.29, 0.717) is 19.2 Å². The van der Waals surface area contributed by atoms with Crippen molar-refractivity contribution in [3.8, 4) is 0 Å². The Labute approximate surface area is 180 Å². The fourth-order valence-electron chi connectivity index (χ4n) is 5.08. The van der Waals surface area contributed by atoms with Crippen LogP contribution in [-0.2, 0) is 27.4 Å². The second kappa shape index (κ2) is 10.8. The minimum absolute atomic E-state index is 0.169. The van der Waals surface area contributed by atoms with Gasteiger partial charge in [-0.25, -0.2) is 0 Å². The third-order valence-corrected chi connectivity index (χ3v) is 6.89. The van der Waals surface area contributed by atoms with Crippen LogP contribution in [0.15, 0.2) is 16.5 Å². The van der Waals surface area contributed by atoms with Gasteiger partial charge in [0.15, 0.2) is 0 Å². The molecule has 1 aromatic rings. The second-order valence-corrected chi connectivity index (χ2v) is 9.00. The molecule has 3 fully saturated rings. The van der Waals surface area contributed by atoms with E-state index < -0.39 is 0 Å². The van der Waals surface area contributed by atoms with Gasteiger partial charge in [0.25, 0.3) is 0 Å². The van der Waals surface area contributed by atoms with Crippen LogP contribution in [0.2, 0.25) is 0 Å². The highest BCUT2D eigenvalue weighted by Crippen LogP contribution is 2.25. The zero-order valence-electron chi connectivity index (χ0n) is 18.3. The normalized spacial score (nSPS) is 25.0. The summed E-state index contributed by atoms with van der Waals surface area (Å²) < 4.78 is 16.6. The summed E-state index contributed by atoms with van der Waals surface area (Å²) in [4.78, 5) is 17.6. The first kappa shape index (κ1) is 21.8. The number of amides is 1. The molecular formula is C23H37N3O4. The van der Waals surface area contributed by atoms with Crippen LogP contribution in [0.25, 0.3) is 0 Å². The van der Waals surface area contributed by atoms with E-state index in [2.05, 4.69) is 21.2 Å². The number of nitrogens with zero attached hydrogens (tertiary/aromatic N) is 2. The maximum atomic E-state index is 12.5. The summed E-state index contributed by atoms with van der Waals surface area (Å²) in [6.07, 6.45) is 6.77. The number of methoxy groups -OCH3 is 1. The number of rotatable bonds is 8. The maximum Gasteiger partial charge on any atom is 0.223 e. The van der Waals surface area contributed by atoms with E-state index >= 15 is 0 Å². The van der Waals surface area contributed by atoms with Crippen molar-refractivity contribution in [1.82, 2.24) is 15.1 Å². The third-order valence-electron chi connectivity index (χ3n) is 6.89. The Morgan fingerprint density at radius 2 is 1.87 bits per heavy atom. The number of carbonyl (C=O) groups excluding carboxylic acids is 1. The van der Waals surface area contributed by atoms with Crippen molar-refractivity contribution in [2.24, 2.45) is 5.92 Å². The SMILES string of the molecule is COCc1ccc(CN2CCC(N3CCC(C(=O)NC[C@@H]4CCCO4)CC3)CC2)o1. The van der Waals surface area contributed by atoms with Crippen LogP contribution in [0.4, 0.5) is 0 Å². The number of ether oxygens (including phenoxy) is 2. The van der Waals surface area contributed by atoms with Crippen LogP contribution < -0.4 is 5.32 Å². The van der Waals surface area contributed by atoms with Crippen molar-refractivity contribution in [3.05, 3.63) is 23.7 Å². The topological polar surface area (TPSA) is 67.2 Å². The van der Waals surface area contributed by atoms with Gasteiger partial charge in [0.05, 0.1) is 12.6 Å². The molecule has 168 valence electrons. The predicted octanol–water partition coefficient (Wildman–Crippen LogP) is 2.40. The summed E-state index contributed by atoms with van der Waals surface area (Å²) >= 11 is 0. The van der Waals surface area contributed by atoms with Crippen molar-refractivity contribution < 1.29 is 18.7 Å². The quantitative estimate of drug-likeness (QED) is 0.698. The van der Waals surface area contributed by atoms with Crippen molar-refractivity contribution in [2.75, 3.05) is 46.4 Å². The number of likely N-dealkylation sites (tertiary alicyclic amines) is 2. The molecule has 4 rings (SSSR count). The van der Waals surface area contributed by atoms with Gasteiger partial charge in [-0.2, -0.15) is 0 Å². The predicted molar refractivity (Wildman–Crippen MR) is 114 cm³/mol. The molecule has 3 saturated heterocycles. The maximum absolute atomic E-state index is 12.5. The fraction of sp³-hybridized carbons (Fsp3) is 0.783. The highest BCUT2D eigenvalue weighted by molar-refractivity contribution is 5.78. The molecule has 30 heavy (non-hydrogen) atoms. The number of hydrogen-bond acceptors (Lipinski definition) is 6. The van der Waals surface area contributed by atoms with Crippen molar-refractivity contribution in [3.63, 3.8) is 0 Å². The van der Waals surface area contributed by atoms with E-state index in [1.165, 1.54) is 12.8 Å². The zero-order valence-corrected chi connectivity index (χ0v) is 18.3. The van der Waals surface area contributed by atoms with Gasteiger partial charge < -0.3 is 24.1 Å². The number of piperidine rings is 2. The van der Waals surface area contributed by atoms with Gasteiger partial charge in [0, 0.05) is 45.3 Å². The Bertz CT molecular complexity index is 657. The molecule has 0 saturated carbocycles. The molecule has 1 amide bonds. The van der Waals surface area contributed by atoms with Gasteiger partial charge in [-0.1, -0.05) is 0 Å². The fourth-order valence-corrected chi connectivity index (χ4v) is 5.08. The lowest BCUT2D eigenvalue weighted by molar-refractivity contribution is -0.127. The van der Waals surface area contributed by atoms with E-state index in [0.717, 1.165) is 76.5 Å². The molecule has 7 heteroatoms. The van der Waals surface area contributed by atoms with Crippen LogP contribution in [0.1, 0.15) is 50.0 Å². The Morgan fingerprint density at radius 3 is 2.57 bits per heavy atom. The molecule has 3 aliphatic rings. The van der Waals surface area contributed by atoms with E-state index in [-0.39, 0.29) is 17.9 Å². The van der Waals surface area contributed by atoms with E-state index in [1.807, 2.05) is 6.07 Å². The first-order valence-electron chi connectivity index (χ1n) is 11.6. The lowest BCUT2D eigenvalue weighted by atomic mass is 9.92. The Kier molecular flexibility index (Phi) is 7.82. The molecule has 0 aromatic carbocycles. The second-order valence-electron chi connectivity index (χ2n) is 9.00. The summed E-state index contributed by atoms with van der Waals surface area (Å²) in [7, 11) is 1.69. The van der Waals surface area contributed by atoms with Crippen LogP contribution in [0.3, 0.4) is 0 Å². The highest BCUT2D eigenvalue weighted by Gasteiger charge is 2.31. The molecular weight excluding hydrogens is 382 g/mol. The third kappa shape index (κ3) is 5.84. The van der Waals surface area contributed by atoms with Gasteiger partial charge in [-0.15, -0.1) is 0 Å². The van der Waals surface area contributed by atoms with Crippen LogP contribution in [0, 0.1) is 5.92 Å². The smallest absolute Gasteiger partial charge is 0.223 e. The minimum atomic E-state index is 0.169. The molecule has 1 N–H and O–H groups in total. The van der Waals surface area contributed by atoms with Gasteiger partial charge in [-0.3, -0.25) is 9.69 Å². The monoisotopic (exact) mass is 419 g/mol. The first-order chi connectivity index (χ1) is 14.7. The van der Waals surface area contributed by atoms with E-state index in [9.17, 15) is 4.79 Å². The molecule has 4 heterocycles. The standard InChI is InChI=1S/C23H37N3O4/c1-28-17-22-5-4-21(30-22)16-25-10-8-19(9-11-25)26-12-6-18(7-13-26)23(27)24-15-20-3-2-14-29-20/h4-5,18-20H,2-3,6-17H2,1H3,(H,24,27)/t20-/m0/s1. The summed E-state index contributed by atoms with van der Waals surface area (Å²) in [6, 6.07) is 4.72. The number of nitrogens with one attached hydrogen (secondary N) is 1. The summed E-state index contributed by atoms with van der Waals surface area (Å²) in [5, 5.41) is 3.12. The molecule has 1 aromatic heterocycles. The number of furan rings is 1. The van der Waals surface area contributed by atoms with Crippen molar-refractivity contribution >= 4 is 5.91 Å². The first-order valence-corrected chi connectivity index (χ1v) is 11.6. The van der Waals surface area contributed by atoms with Crippen LogP contribution in [-0.4, -0.2) is 74.3 Å². The van der Waals surface area contributed by atoms with E-state index in [1.54, 1.807) is 7.11 Å². The summed E-state index contributed by atoms with van der Waals surface area (Å²) in [5.41, 5.74) is 0. The molecule has 0 spiro atoms. The molecule has 0 bridgehead atoms. The average molecular weight is 420 g/mol. The van der Waals surface area contributed by atoms with Gasteiger partial charge in [0.1, 0.15) is 18.1 Å². The Balaban J connectivity index is 1.14. The van der Waals surface area contributed by atoms with Gasteiger partial charge in [0.2, 0.25) is 5.91 Å². The summed E-state index contributed by atoms with van der Waals surface area (Å²) in [6.45, 7) is 7.23. The average Bonchev–Trinajstić information content (AvgIpc) is 3.45. The lowest BCUT2D eigenvalue weighted by Crippen LogP contribution is -2.49. The molecule has 7 nitrogen and oxygen atoms in total. The van der Waals surface area contributed by atoms with Crippen molar-refractivity contribution in [2.45, 2.75) is 63.8 Å². The molecule has 0 aliphatic carbocycles. The molecule has 1 atom stereocenters.